The number of hydrogen-bond acceptors (Lipinski definition) is 4. The molecule has 0 aromatic carbocycles. The monoisotopic (exact) mass is 333 g/mol. The fraction of sp³-hybridized carbons (Fsp3) is 0.643. The summed E-state index contributed by atoms with van der Waals surface area (Å²) in [6, 6.07) is 1.19. The Morgan fingerprint density at radius 2 is 1.95 bits per heavy atom. The van der Waals surface area contributed by atoms with Crippen molar-refractivity contribution in [1.29, 1.82) is 0 Å². The highest BCUT2D eigenvalue weighted by Crippen LogP contribution is 2.20. The van der Waals surface area contributed by atoms with Crippen molar-refractivity contribution in [3.8, 4) is 0 Å². The van der Waals surface area contributed by atoms with Gasteiger partial charge < -0.3 is 5.11 Å². The van der Waals surface area contributed by atoms with Crippen LogP contribution in [-0.2, 0) is 10.0 Å². The molecule has 0 aliphatic heterocycles. The molecule has 120 valence electrons. The average Bonchev–Trinajstić information content (AvgIpc) is 2.87. The summed E-state index contributed by atoms with van der Waals surface area (Å²) in [5.41, 5.74) is 0.00839. The summed E-state index contributed by atoms with van der Waals surface area (Å²) in [5.74, 6) is -0.399. The second-order valence-electron chi connectivity index (χ2n) is 5.45. The van der Waals surface area contributed by atoms with Crippen molar-refractivity contribution in [3.63, 3.8) is 0 Å². The first-order valence-electron chi connectivity index (χ1n) is 7.14. The number of unbranched alkanes of at least 4 members (excludes halogenated alkanes) is 3. The van der Waals surface area contributed by atoms with Gasteiger partial charge in [-0.15, -0.1) is 11.3 Å². The van der Waals surface area contributed by atoms with Gasteiger partial charge in [0.15, 0.2) is 0 Å². The van der Waals surface area contributed by atoms with Crippen LogP contribution in [0.25, 0.3) is 0 Å². The Morgan fingerprint density at radius 1 is 1.29 bits per heavy atom. The van der Waals surface area contributed by atoms with Gasteiger partial charge >= 0.3 is 5.97 Å². The van der Waals surface area contributed by atoms with Crippen LogP contribution >= 0.6 is 11.3 Å². The van der Waals surface area contributed by atoms with Gasteiger partial charge in [-0.1, -0.05) is 39.5 Å². The van der Waals surface area contributed by atoms with E-state index in [1.807, 2.05) is 0 Å². The zero-order valence-corrected chi connectivity index (χ0v) is 14.1. The number of thiophene rings is 1. The topological polar surface area (TPSA) is 83.5 Å². The minimum Gasteiger partial charge on any atom is -0.478 e. The number of rotatable bonds is 10. The van der Waals surface area contributed by atoms with Crippen molar-refractivity contribution in [2.75, 3.05) is 6.54 Å². The highest BCUT2D eigenvalue weighted by molar-refractivity contribution is 7.91. The molecule has 0 saturated carbocycles. The number of hydrogen-bond donors (Lipinski definition) is 2. The highest BCUT2D eigenvalue weighted by atomic mass is 32.2. The smallest absolute Gasteiger partial charge is 0.336 e. The zero-order valence-electron chi connectivity index (χ0n) is 12.5. The van der Waals surface area contributed by atoms with Gasteiger partial charge in [0.1, 0.15) is 4.21 Å². The van der Waals surface area contributed by atoms with E-state index in [0.29, 0.717) is 12.5 Å². The summed E-state index contributed by atoms with van der Waals surface area (Å²) < 4.78 is 26.5. The third kappa shape index (κ3) is 6.58. The van der Waals surface area contributed by atoms with Crippen LogP contribution in [0.15, 0.2) is 15.7 Å². The molecule has 5 nitrogen and oxygen atoms in total. The molecule has 0 fully saturated rings. The van der Waals surface area contributed by atoms with Crippen molar-refractivity contribution < 1.29 is 18.3 Å². The van der Waals surface area contributed by atoms with Crippen LogP contribution in [0, 0.1) is 5.92 Å². The molecule has 1 heterocycles. The summed E-state index contributed by atoms with van der Waals surface area (Å²) in [4.78, 5) is 10.7. The van der Waals surface area contributed by atoms with Gasteiger partial charge in [-0.2, -0.15) is 0 Å². The van der Waals surface area contributed by atoms with Crippen LogP contribution in [0.4, 0.5) is 0 Å². The molecule has 0 amide bonds. The minimum atomic E-state index is -3.57. The summed E-state index contributed by atoms with van der Waals surface area (Å²) in [6.07, 6.45) is 5.30. The van der Waals surface area contributed by atoms with Crippen LogP contribution in [0.3, 0.4) is 0 Å². The van der Waals surface area contributed by atoms with Gasteiger partial charge in [-0.05, 0) is 18.4 Å². The SMILES string of the molecule is CC(C)CCCCCCNS(=O)(=O)c1cc(C(=O)O)cs1. The summed E-state index contributed by atoms with van der Waals surface area (Å²) >= 11 is 0.929. The quantitative estimate of drug-likeness (QED) is 0.643. The first-order chi connectivity index (χ1) is 9.83. The fourth-order valence-electron chi connectivity index (χ4n) is 1.88. The molecule has 0 atom stereocenters. The Morgan fingerprint density at radius 3 is 2.52 bits per heavy atom. The van der Waals surface area contributed by atoms with E-state index in [1.54, 1.807) is 0 Å². The van der Waals surface area contributed by atoms with Crippen molar-refractivity contribution in [2.24, 2.45) is 5.92 Å². The molecule has 1 aromatic rings. The first kappa shape index (κ1) is 18.1. The van der Waals surface area contributed by atoms with E-state index in [9.17, 15) is 13.2 Å². The van der Waals surface area contributed by atoms with Gasteiger partial charge in [0.25, 0.3) is 0 Å². The van der Waals surface area contributed by atoms with Crippen LogP contribution < -0.4 is 4.72 Å². The minimum absolute atomic E-state index is 0.00839. The Kier molecular flexibility index (Phi) is 7.34. The molecular weight excluding hydrogens is 310 g/mol. The highest BCUT2D eigenvalue weighted by Gasteiger charge is 2.18. The number of sulfonamides is 1. The van der Waals surface area contributed by atoms with E-state index in [-0.39, 0.29) is 9.77 Å². The van der Waals surface area contributed by atoms with Crippen molar-refractivity contribution in [2.45, 2.75) is 50.2 Å². The van der Waals surface area contributed by atoms with E-state index >= 15 is 0 Å². The summed E-state index contributed by atoms with van der Waals surface area (Å²) in [7, 11) is -3.57. The number of carboxylic acid groups (broad SMARTS) is 1. The summed E-state index contributed by atoms with van der Waals surface area (Å²) in [5, 5.41) is 10.1. The molecule has 0 saturated heterocycles. The van der Waals surface area contributed by atoms with Crippen LogP contribution in [0.5, 0.6) is 0 Å². The molecule has 0 aliphatic carbocycles. The molecule has 0 spiro atoms. The number of carbonyl (C=O) groups is 1. The molecular formula is C14H23NO4S2. The largest absolute Gasteiger partial charge is 0.478 e. The first-order valence-corrected chi connectivity index (χ1v) is 9.50. The molecule has 0 aliphatic rings. The van der Waals surface area contributed by atoms with E-state index in [1.165, 1.54) is 24.3 Å². The van der Waals surface area contributed by atoms with Gasteiger partial charge in [0.2, 0.25) is 10.0 Å². The lowest BCUT2D eigenvalue weighted by Gasteiger charge is -2.06. The van der Waals surface area contributed by atoms with Crippen LogP contribution in [-0.4, -0.2) is 26.0 Å². The van der Waals surface area contributed by atoms with Gasteiger partial charge in [-0.25, -0.2) is 17.9 Å². The second kappa shape index (κ2) is 8.51. The van der Waals surface area contributed by atoms with Crippen LogP contribution in [0.1, 0.15) is 56.3 Å². The Balaban J connectivity index is 2.31. The third-order valence-corrected chi connectivity index (χ3v) is 5.99. The molecule has 0 unspecified atom stereocenters. The van der Waals surface area contributed by atoms with Crippen molar-refractivity contribution >= 4 is 27.3 Å². The van der Waals surface area contributed by atoms with Gasteiger partial charge in [0.05, 0.1) is 5.56 Å². The Hall–Kier alpha value is -0.920. The zero-order chi connectivity index (χ0) is 15.9. The molecule has 0 bridgehead atoms. The van der Waals surface area contributed by atoms with Crippen LogP contribution in [0.2, 0.25) is 0 Å². The van der Waals surface area contributed by atoms with Gasteiger partial charge in [0, 0.05) is 11.9 Å². The maximum absolute atomic E-state index is 12.0. The predicted octanol–water partition coefficient (Wildman–Crippen LogP) is 3.33. The Labute approximate surface area is 130 Å². The van der Waals surface area contributed by atoms with E-state index in [0.717, 1.165) is 30.6 Å². The second-order valence-corrected chi connectivity index (χ2v) is 8.36. The predicted molar refractivity (Wildman–Crippen MR) is 84.4 cm³/mol. The molecule has 2 N–H and O–H groups in total. The Bertz CT molecular complexity index is 549. The molecule has 1 aromatic heterocycles. The maximum atomic E-state index is 12.0. The van der Waals surface area contributed by atoms with Crippen molar-refractivity contribution in [3.05, 3.63) is 17.0 Å². The van der Waals surface area contributed by atoms with E-state index in [4.69, 9.17) is 5.11 Å². The van der Waals surface area contributed by atoms with E-state index in [2.05, 4.69) is 18.6 Å². The fourth-order valence-corrected chi connectivity index (χ4v) is 4.15. The lowest BCUT2D eigenvalue weighted by molar-refractivity contribution is 0.0697. The lowest BCUT2D eigenvalue weighted by atomic mass is 10.0. The standard InChI is InChI=1S/C14H23NO4S2/c1-11(2)7-5-3-4-6-8-15-21(18,19)13-9-12(10-20-13)14(16)17/h9-11,15H,3-8H2,1-2H3,(H,16,17). The normalized spacial score (nSPS) is 12.0. The lowest BCUT2D eigenvalue weighted by Crippen LogP contribution is -2.24. The molecule has 21 heavy (non-hydrogen) atoms. The number of nitrogens with one attached hydrogen (secondary N) is 1. The molecule has 1 rings (SSSR count). The molecule has 7 heteroatoms. The number of carboxylic acids is 1. The third-order valence-electron chi connectivity index (χ3n) is 3.09. The van der Waals surface area contributed by atoms with Crippen molar-refractivity contribution in [1.82, 2.24) is 4.72 Å². The van der Waals surface area contributed by atoms with E-state index < -0.39 is 16.0 Å². The average molecular weight is 333 g/mol. The molecule has 0 radical (unpaired) electrons. The maximum Gasteiger partial charge on any atom is 0.336 e. The van der Waals surface area contributed by atoms with Gasteiger partial charge in [-0.3, -0.25) is 0 Å². The number of aromatic carboxylic acids is 1. The summed E-state index contributed by atoms with van der Waals surface area (Å²) in [6.45, 7) is 4.78.